The van der Waals surface area contributed by atoms with E-state index < -0.39 is 0 Å². The van der Waals surface area contributed by atoms with E-state index in [9.17, 15) is 0 Å². The maximum absolute atomic E-state index is 9.16. The fraction of sp³-hybridized carbons (Fsp3) is 0.429. The number of rotatable bonds is 2. The molecule has 2 rings (SSSR count). The van der Waals surface area contributed by atoms with Crippen LogP contribution in [0.1, 0.15) is 18.4 Å². The van der Waals surface area contributed by atoms with Crippen LogP contribution in [-0.4, -0.2) is 35.7 Å². The lowest BCUT2D eigenvalue weighted by molar-refractivity contribution is 0.171. The van der Waals surface area contributed by atoms with Gasteiger partial charge in [-0.1, -0.05) is 30.0 Å². The summed E-state index contributed by atoms with van der Waals surface area (Å²) in [5, 5.41) is 9.16. The second-order valence-electron chi connectivity index (χ2n) is 4.12. The van der Waals surface area contributed by atoms with Crippen molar-refractivity contribution in [2.45, 2.75) is 18.9 Å². The van der Waals surface area contributed by atoms with Crippen LogP contribution in [0.15, 0.2) is 30.3 Å². The van der Waals surface area contributed by atoms with E-state index in [1.165, 1.54) is 6.42 Å². The molecule has 1 unspecified atom stereocenters. The van der Waals surface area contributed by atoms with Crippen LogP contribution < -0.4 is 0 Å². The van der Waals surface area contributed by atoms with Crippen LogP contribution in [0.25, 0.3) is 0 Å². The molecular weight excluding hydrogens is 198 g/mol. The summed E-state index contributed by atoms with van der Waals surface area (Å²) in [6.07, 6.45) is 2.28. The SMILES string of the molecule is OCC1CCCN1CC#Cc1ccccc1. The average molecular weight is 215 g/mol. The van der Waals surface area contributed by atoms with E-state index in [4.69, 9.17) is 5.11 Å². The van der Waals surface area contributed by atoms with Crippen molar-refractivity contribution >= 4 is 0 Å². The van der Waals surface area contributed by atoms with Gasteiger partial charge in [0.15, 0.2) is 0 Å². The van der Waals surface area contributed by atoms with Crippen LogP contribution in [0.3, 0.4) is 0 Å². The molecule has 1 aliphatic rings. The Balaban J connectivity index is 1.90. The molecule has 1 atom stereocenters. The van der Waals surface area contributed by atoms with Crippen LogP contribution >= 0.6 is 0 Å². The molecule has 1 aromatic carbocycles. The molecular formula is C14H17NO. The number of aliphatic hydroxyl groups excluding tert-OH is 1. The summed E-state index contributed by atoms with van der Waals surface area (Å²) in [5.74, 6) is 6.32. The van der Waals surface area contributed by atoms with Crippen molar-refractivity contribution in [3.8, 4) is 11.8 Å². The quantitative estimate of drug-likeness (QED) is 0.756. The van der Waals surface area contributed by atoms with Gasteiger partial charge in [-0.05, 0) is 31.5 Å². The van der Waals surface area contributed by atoms with Crippen molar-refractivity contribution in [1.82, 2.24) is 4.90 Å². The van der Waals surface area contributed by atoms with Crippen LogP contribution in [0.2, 0.25) is 0 Å². The van der Waals surface area contributed by atoms with Crippen molar-refractivity contribution in [3.05, 3.63) is 35.9 Å². The first-order chi connectivity index (χ1) is 7.90. The highest BCUT2D eigenvalue weighted by Gasteiger charge is 2.22. The Labute approximate surface area is 96.9 Å². The third kappa shape index (κ3) is 2.85. The first-order valence-electron chi connectivity index (χ1n) is 5.79. The molecule has 1 aliphatic heterocycles. The van der Waals surface area contributed by atoms with E-state index in [1.54, 1.807) is 0 Å². The van der Waals surface area contributed by atoms with E-state index in [-0.39, 0.29) is 6.61 Å². The Bertz CT molecular complexity index is 377. The molecule has 0 spiro atoms. The van der Waals surface area contributed by atoms with Crippen LogP contribution in [0.4, 0.5) is 0 Å². The van der Waals surface area contributed by atoms with Gasteiger partial charge < -0.3 is 5.11 Å². The Morgan fingerprint density at radius 1 is 1.31 bits per heavy atom. The van der Waals surface area contributed by atoms with Gasteiger partial charge in [-0.25, -0.2) is 0 Å². The van der Waals surface area contributed by atoms with Gasteiger partial charge in [-0.3, -0.25) is 4.90 Å². The monoisotopic (exact) mass is 215 g/mol. The highest BCUT2D eigenvalue weighted by atomic mass is 16.3. The second-order valence-corrected chi connectivity index (χ2v) is 4.12. The summed E-state index contributed by atoms with van der Waals surface area (Å²) < 4.78 is 0. The summed E-state index contributed by atoms with van der Waals surface area (Å²) in [7, 11) is 0. The van der Waals surface area contributed by atoms with E-state index in [0.717, 1.165) is 25.1 Å². The zero-order valence-corrected chi connectivity index (χ0v) is 9.39. The molecule has 1 N–H and O–H groups in total. The van der Waals surface area contributed by atoms with Gasteiger partial charge in [0.05, 0.1) is 13.2 Å². The average Bonchev–Trinajstić information content (AvgIpc) is 2.78. The van der Waals surface area contributed by atoms with E-state index in [0.29, 0.717) is 6.04 Å². The fourth-order valence-corrected chi connectivity index (χ4v) is 2.07. The van der Waals surface area contributed by atoms with Gasteiger partial charge in [0.25, 0.3) is 0 Å². The van der Waals surface area contributed by atoms with Gasteiger partial charge in [-0.2, -0.15) is 0 Å². The van der Waals surface area contributed by atoms with Crippen LogP contribution in [0, 0.1) is 11.8 Å². The minimum absolute atomic E-state index is 0.257. The van der Waals surface area contributed by atoms with Crippen molar-refractivity contribution in [1.29, 1.82) is 0 Å². The predicted molar refractivity (Wildman–Crippen MR) is 65.0 cm³/mol. The summed E-state index contributed by atoms with van der Waals surface area (Å²) in [5.41, 5.74) is 1.06. The Morgan fingerprint density at radius 2 is 2.12 bits per heavy atom. The number of hydrogen-bond donors (Lipinski definition) is 1. The normalized spacial score (nSPS) is 20.4. The number of hydrogen-bond acceptors (Lipinski definition) is 2. The molecule has 2 heteroatoms. The number of aliphatic hydroxyl groups is 1. The topological polar surface area (TPSA) is 23.5 Å². The maximum Gasteiger partial charge on any atom is 0.0608 e. The van der Waals surface area contributed by atoms with Crippen molar-refractivity contribution in [3.63, 3.8) is 0 Å². The third-order valence-corrected chi connectivity index (χ3v) is 3.00. The molecule has 0 aliphatic carbocycles. The molecule has 0 saturated carbocycles. The smallest absolute Gasteiger partial charge is 0.0608 e. The Morgan fingerprint density at radius 3 is 2.88 bits per heavy atom. The molecule has 0 bridgehead atoms. The van der Waals surface area contributed by atoms with Crippen molar-refractivity contribution < 1.29 is 5.11 Å². The molecule has 0 aromatic heterocycles. The highest BCUT2D eigenvalue weighted by Crippen LogP contribution is 2.15. The highest BCUT2D eigenvalue weighted by molar-refractivity contribution is 5.33. The number of benzene rings is 1. The molecule has 1 aromatic rings. The minimum atomic E-state index is 0.257. The summed E-state index contributed by atoms with van der Waals surface area (Å²) in [6.45, 7) is 2.09. The third-order valence-electron chi connectivity index (χ3n) is 3.00. The molecule has 84 valence electrons. The van der Waals surface area contributed by atoms with E-state index >= 15 is 0 Å². The lowest BCUT2D eigenvalue weighted by atomic mass is 10.2. The van der Waals surface area contributed by atoms with Gasteiger partial charge in [0, 0.05) is 11.6 Å². The van der Waals surface area contributed by atoms with Crippen LogP contribution in [0.5, 0.6) is 0 Å². The molecule has 0 radical (unpaired) electrons. The van der Waals surface area contributed by atoms with Crippen LogP contribution in [-0.2, 0) is 0 Å². The first-order valence-corrected chi connectivity index (χ1v) is 5.79. The first kappa shape index (κ1) is 11.2. The maximum atomic E-state index is 9.16. The molecule has 1 heterocycles. The van der Waals surface area contributed by atoms with Gasteiger partial charge >= 0.3 is 0 Å². The fourth-order valence-electron chi connectivity index (χ4n) is 2.07. The van der Waals surface area contributed by atoms with Gasteiger partial charge in [0.2, 0.25) is 0 Å². The largest absolute Gasteiger partial charge is 0.395 e. The summed E-state index contributed by atoms with van der Waals surface area (Å²) >= 11 is 0. The van der Waals surface area contributed by atoms with E-state index in [1.807, 2.05) is 30.3 Å². The number of likely N-dealkylation sites (tertiary alicyclic amines) is 1. The number of nitrogens with zero attached hydrogens (tertiary/aromatic N) is 1. The predicted octanol–water partition coefficient (Wildman–Crippen LogP) is 1.49. The van der Waals surface area contributed by atoms with Crippen molar-refractivity contribution in [2.24, 2.45) is 0 Å². The zero-order chi connectivity index (χ0) is 11.2. The minimum Gasteiger partial charge on any atom is -0.395 e. The molecule has 0 amide bonds. The Hall–Kier alpha value is -1.30. The molecule has 1 saturated heterocycles. The van der Waals surface area contributed by atoms with E-state index in [2.05, 4.69) is 16.7 Å². The van der Waals surface area contributed by atoms with Gasteiger partial charge in [0.1, 0.15) is 0 Å². The summed E-state index contributed by atoms with van der Waals surface area (Å²) in [6, 6.07) is 10.3. The standard InChI is InChI=1S/C14H17NO/c16-12-14-9-5-11-15(14)10-4-8-13-6-2-1-3-7-13/h1-3,6-7,14,16H,5,9-12H2. The summed E-state index contributed by atoms with van der Waals surface area (Å²) in [4.78, 5) is 2.26. The molecule has 16 heavy (non-hydrogen) atoms. The second kappa shape index (κ2) is 5.69. The zero-order valence-electron chi connectivity index (χ0n) is 9.39. The van der Waals surface area contributed by atoms with Crippen molar-refractivity contribution in [2.75, 3.05) is 19.7 Å². The lowest BCUT2D eigenvalue weighted by Gasteiger charge is -2.19. The molecule has 1 fully saturated rings. The Kier molecular flexibility index (Phi) is 3.98. The lowest BCUT2D eigenvalue weighted by Crippen LogP contribution is -2.32. The van der Waals surface area contributed by atoms with Gasteiger partial charge in [-0.15, -0.1) is 0 Å². The molecule has 2 nitrogen and oxygen atoms in total.